The zero-order valence-corrected chi connectivity index (χ0v) is 15.9. The number of pyridine rings is 1. The molecule has 2 atom stereocenters. The second-order valence-electron chi connectivity index (χ2n) is 6.62. The molecule has 0 aliphatic rings. The van der Waals surface area contributed by atoms with Crippen molar-refractivity contribution in [2.24, 2.45) is 0 Å². The molecule has 0 bridgehead atoms. The number of aromatic nitrogens is 5. The molecule has 7 heteroatoms. The molecule has 28 heavy (non-hydrogen) atoms. The van der Waals surface area contributed by atoms with Gasteiger partial charge >= 0.3 is 5.16 Å². The number of fused-ring (bicyclic) bond motifs is 2. The van der Waals surface area contributed by atoms with Crippen molar-refractivity contribution < 1.29 is 4.55 Å². The van der Waals surface area contributed by atoms with Gasteiger partial charge in [-0.1, -0.05) is 30.3 Å². The van der Waals surface area contributed by atoms with Gasteiger partial charge in [0.05, 0.1) is 16.6 Å². The minimum atomic E-state index is -1.28. The second-order valence-corrected chi connectivity index (χ2v) is 8.30. The van der Waals surface area contributed by atoms with E-state index in [1.54, 1.807) is 12.4 Å². The molecule has 3 aromatic heterocycles. The molecule has 3 heterocycles. The van der Waals surface area contributed by atoms with Crippen molar-refractivity contribution in [3.05, 3.63) is 72.6 Å². The van der Waals surface area contributed by atoms with E-state index < -0.39 is 11.2 Å². The summed E-state index contributed by atoms with van der Waals surface area (Å²) in [7, 11) is 0. The standard InChI is InChI=1S/C21H17N5OS/c1-13(14-5-3-2-4-6-14)28(27)21-23-18-11-16-17(12-19(18)24-21)25-26-20(16)15-7-9-22-10-8-15/h2-13H,1H3,(H,23,24)(H,25,26). The van der Waals surface area contributed by atoms with Crippen molar-refractivity contribution in [3.8, 4) is 11.3 Å². The Balaban J connectivity index is 1.56. The third-order valence-electron chi connectivity index (χ3n) is 4.88. The van der Waals surface area contributed by atoms with E-state index in [0.29, 0.717) is 5.16 Å². The lowest BCUT2D eigenvalue weighted by Crippen LogP contribution is -2.12. The number of imidazole rings is 1. The van der Waals surface area contributed by atoms with Crippen molar-refractivity contribution in [3.63, 3.8) is 0 Å². The molecule has 0 saturated carbocycles. The van der Waals surface area contributed by atoms with Crippen LogP contribution in [0.3, 0.4) is 0 Å². The number of hydrogen-bond donors (Lipinski definition) is 2. The fourth-order valence-corrected chi connectivity index (χ4v) is 4.48. The summed E-state index contributed by atoms with van der Waals surface area (Å²) in [5.41, 5.74) is 5.36. The number of nitrogens with zero attached hydrogens (tertiary/aromatic N) is 3. The molecule has 2 N–H and O–H groups in total. The monoisotopic (exact) mass is 387 g/mol. The van der Waals surface area contributed by atoms with E-state index in [2.05, 4.69) is 25.1 Å². The van der Waals surface area contributed by atoms with Crippen molar-refractivity contribution in [1.29, 1.82) is 0 Å². The van der Waals surface area contributed by atoms with Gasteiger partial charge in [0.15, 0.2) is 0 Å². The molecule has 0 amide bonds. The third-order valence-corrected chi connectivity index (χ3v) is 6.37. The lowest BCUT2D eigenvalue weighted by atomic mass is 10.1. The molecule has 6 nitrogen and oxygen atoms in total. The summed E-state index contributed by atoms with van der Waals surface area (Å²) < 4.78 is 13.0. The molecule has 2 aromatic carbocycles. The Morgan fingerprint density at radius 2 is 1.79 bits per heavy atom. The Morgan fingerprint density at radius 3 is 2.57 bits per heavy atom. The normalized spacial score (nSPS) is 13.8. The number of benzene rings is 2. The lowest BCUT2D eigenvalue weighted by Gasteiger charge is -2.15. The van der Waals surface area contributed by atoms with Crippen molar-refractivity contribution in [2.75, 3.05) is 0 Å². The van der Waals surface area contributed by atoms with Crippen LogP contribution in [0.5, 0.6) is 0 Å². The predicted octanol–water partition coefficient (Wildman–Crippen LogP) is 4.37. The van der Waals surface area contributed by atoms with E-state index in [9.17, 15) is 4.55 Å². The summed E-state index contributed by atoms with van der Waals surface area (Å²) in [5.74, 6) is 0. The molecule has 0 aliphatic heterocycles. The van der Waals surface area contributed by atoms with Gasteiger partial charge in [0.1, 0.15) is 10.9 Å². The van der Waals surface area contributed by atoms with E-state index in [4.69, 9.17) is 0 Å². The Hall–Kier alpha value is -3.16. The van der Waals surface area contributed by atoms with Gasteiger partial charge in [-0.15, -0.1) is 0 Å². The minimum absolute atomic E-state index is 0.152. The van der Waals surface area contributed by atoms with Gasteiger partial charge in [0.2, 0.25) is 0 Å². The molecular formula is C21H17N5OS. The maximum atomic E-state index is 13.0. The Kier molecular flexibility index (Phi) is 4.11. The molecule has 138 valence electrons. The molecule has 5 aromatic rings. The van der Waals surface area contributed by atoms with E-state index >= 15 is 0 Å². The largest absolute Gasteiger partial charge is 0.609 e. The molecule has 0 saturated heterocycles. The van der Waals surface area contributed by atoms with Gasteiger partial charge in [-0.25, -0.2) is 0 Å². The Morgan fingerprint density at radius 1 is 1.00 bits per heavy atom. The summed E-state index contributed by atoms with van der Waals surface area (Å²) in [6, 6.07) is 17.6. The summed E-state index contributed by atoms with van der Waals surface area (Å²) in [4.78, 5) is 11.9. The topological polar surface area (TPSA) is 93.3 Å². The van der Waals surface area contributed by atoms with Crippen LogP contribution in [0, 0.1) is 0 Å². The SMILES string of the molecule is CC(c1ccccc1)[S+]([O-])c1nc2cc3c(-c4ccncc4)n[nH]c3cc2[nH]1. The molecule has 2 unspecified atom stereocenters. The number of aromatic amines is 2. The maximum absolute atomic E-state index is 13.0. The summed E-state index contributed by atoms with van der Waals surface area (Å²) in [6.45, 7) is 1.95. The lowest BCUT2D eigenvalue weighted by molar-refractivity contribution is 0.578. The van der Waals surface area contributed by atoms with Crippen LogP contribution < -0.4 is 0 Å². The Labute approximate surface area is 164 Å². The van der Waals surface area contributed by atoms with Crippen LogP contribution in [0.25, 0.3) is 33.2 Å². The zero-order chi connectivity index (χ0) is 19.1. The minimum Gasteiger partial charge on any atom is -0.609 e. The highest BCUT2D eigenvalue weighted by atomic mass is 32.2. The van der Waals surface area contributed by atoms with E-state index in [-0.39, 0.29) is 5.25 Å². The van der Waals surface area contributed by atoms with Crippen LogP contribution >= 0.6 is 0 Å². The van der Waals surface area contributed by atoms with E-state index in [1.807, 2.05) is 61.5 Å². The van der Waals surface area contributed by atoms with Gasteiger partial charge in [-0.05, 0) is 31.2 Å². The first-order valence-electron chi connectivity index (χ1n) is 8.94. The second kappa shape index (κ2) is 6.78. The number of nitrogens with one attached hydrogen (secondary N) is 2. The van der Waals surface area contributed by atoms with Crippen LogP contribution in [0.15, 0.2) is 72.1 Å². The van der Waals surface area contributed by atoms with Gasteiger partial charge in [0.25, 0.3) is 0 Å². The maximum Gasteiger partial charge on any atom is 0.322 e. The van der Waals surface area contributed by atoms with Gasteiger partial charge in [-0.3, -0.25) is 15.1 Å². The Bertz CT molecular complexity index is 1250. The quantitative estimate of drug-likeness (QED) is 0.448. The predicted molar refractivity (Wildman–Crippen MR) is 110 cm³/mol. The first-order valence-corrected chi connectivity index (χ1v) is 10.2. The highest BCUT2D eigenvalue weighted by molar-refractivity contribution is 7.91. The molecule has 0 aliphatic carbocycles. The molecule has 0 spiro atoms. The van der Waals surface area contributed by atoms with E-state index in [0.717, 1.165) is 38.8 Å². The average molecular weight is 387 g/mol. The van der Waals surface area contributed by atoms with Crippen LogP contribution in [0.4, 0.5) is 0 Å². The smallest absolute Gasteiger partial charge is 0.322 e. The first kappa shape index (κ1) is 17.0. The number of rotatable bonds is 4. The van der Waals surface area contributed by atoms with E-state index in [1.165, 1.54) is 0 Å². The first-order chi connectivity index (χ1) is 13.7. The van der Waals surface area contributed by atoms with Crippen LogP contribution in [-0.2, 0) is 11.2 Å². The van der Waals surface area contributed by atoms with Crippen molar-refractivity contribution in [1.82, 2.24) is 25.1 Å². The fourth-order valence-electron chi connectivity index (χ4n) is 3.34. The molecular weight excluding hydrogens is 370 g/mol. The van der Waals surface area contributed by atoms with Crippen LogP contribution in [-0.4, -0.2) is 29.7 Å². The zero-order valence-electron chi connectivity index (χ0n) is 15.1. The summed E-state index contributed by atoms with van der Waals surface area (Å²) in [6.07, 6.45) is 3.49. The van der Waals surface area contributed by atoms with Crippen molar-refractivity contribution >= 4 is 33.1 Å². The molecule has 0 radical (unpaired) electrons. The van der Waals surface area contributed by atoms with Gasteiger partial charge in [-0.2, -0.15) is 10.1 Å². The van der Waals surface area contributed by atoms with Gasteiger partial charge < -0.3 is 4.55 Å². The van der Waals surface area contributed by atoms with Crippen LogP contribution in [0.2, 0.25) is 0 Å². The summed E-state index contributed by atoms with van der Waals surface area (Å²) >= 11 is -1.28. The molecule has 0 fully saturated rings. The third kappa shape index (κ3) is 2.85. The van der Waals surface area contributed by atoms with Crippen molar-refractivity contribution in [2.45, 2.75) is 17.3 Å². The highest BCUT2D eigenvalue weighted by Crippen LogP contribution is 2.31. The highest BCUT2D eigenvalue weighted by Gasteiger charge is 2.26. The average Bonchev–Trinajstić information content (AvgIpc) is 3.35. The van der Waals surface area contributed by atoms with Gasteiger partial charge in [0, 0.05) is 40.1 Å². The summed E-state index contributed by atoms with van der Waals surface area (Å²) in [5, 5.41) is 8.81. The number of hydrogen-bond acceptors (Lipinski definition) is 4. The molecule has 5 rings (SSSR count). The number of H-pyrrole nitrogens is 2. The van der Waals surface area contributed by atoms with Crippen LogP contribution in [0.1, 0.15) is 17.7 Å². The fraction of sp³-hybridized carbons (Fsp3) is 0.0952.